The lowest BCUT2D eigenvalue weighted by Gasteiger charge is -2.28. The van der Waals surface area contributed by atoms with Crippen LogP contribution in [0.25, 0.3) is 10.8 Å². The first-order valence-electron chi connectivity index (χ1n) is 7.03. The van der Waals surface area contributed by atoms with E-state index in [1.54, 1.807) is 0 Å². The number of nitrogen functional groups attached to an aromatic ring is 1. The molecule has 0 radical (unpaired) electrons. The van der Waals surface area contributed by atoms with Gasteiger partial charge in [-0.15, -0.1) is 0 Å². The smallest absolute Gasteiger partial charge is 0.0429 e. The van der Waals surface area contributed by atoms with E-state index in [2.05, 4.69) is 43.3 Å². The first-order valence-corrected chi connectivity index (χ1v) is 7.03. The highest BCUT2D eigenvalue weighted by molar-refractivity contribution is 5.94. The Morgan fingerprint density at radius 3 is 2.72 bits per heavy atom. The standard InChI is InChI=1S/C17H21N/c1-12-5-4-7-14(11-12)16-10-9-13-6-2-3-8-15(13)17(16)18/h2-3,6,8-10,12,14H,4-5,7,11,18H2,1H3. The lowest BCUT2D eigenvalue weighted by Crippen LogP contribution is -2.13. The molecule has 0 aromatic heterocycles. The topological polar surface area (TPSA) is 26.0 Å². The molecule has 2 aromatic carbocycles. The maximum absolute atomic E-state index is 6.40. The van der Waals surface area contributed by atoms with Crippen LogP contribution in [0, 0.1) is 5.92 Å². The fraction of sp³-hybridized carbons (Fsp3) is 0.412. The molecule has 94 valence electrons. The number of rotatable bonds is 1. The Balaban J connectivity index is 2.04. The van der Waals surface area contributed by atoms with E-state index in [1.165, 1.54) is 42.0 Å². The molecular formula is C17H21N. The summed E-state index contributed by atoms with van der Waals surface area (Å²) in [7, 11) is 0. The van der Waals surface area contributed by atoms with E-state index >= 15 is 0 Å². The van der Waals surface area contributed by atoms with Gasteiger partial charge in [0.2, 0.25) is 0 Å². The summed E-state index contributed by atoms with van der Waals surface area (Å²) in [5.74, 6) is 1.51. The van der Waals surface area contributed by atoms with Crippen LogP contribution in [0.1, 0.15) is 44.1 Å². The van der Waals surface area contributed by atoms with Crippen molar-refractivity contribution in [2.45, 2.75) is 38.5 Å². The third-order valence-corrected chi connectivity index (χ3v) is 4.38. The molecule has 2 atom stereocenters. The highest BCUT2D eigenvalue weighted by Crippen LogP contribution is 2.40. The Morgan fingerprint density at radius 1 is 1.06 bits per heavy atom. The largest absolute Gasteiger partial charge is 0.398 e. The Kier molecular flexibility index (Phi) is 2.99. The van der Waals surface area contributed by atoms with E-state index in [0.29, 0.717) is 5.92 Å². The molecule has 1 aliphatic carbocycles. The summed E-state index contributed by atoms with van der Waals surface area (Å²) in [6.45, 7) is 2.36. The van der Waals surface area contributed by atoms with Crippen LogP contribution in [0.4, 0.5) is 5.69 Å². The molecule has 1 saturated carbocycles. The van der Waals surface area contributed by atoms with Gasteiger partial charge in [0.1, 0.15) is 0 Å². The molecule has 0 spiro atoms. The SMILES string of the molecule is CC1CCCC(c2ccc3ccccc3c2N)C1. The molecule has 0 bridgehead atoms. The highest BCUT2D eigenvalue weighted by atomic mass is 14.6. The van der Waals surface area contributed by atoms with Crippen LogP contribution >= 0.6 is 0 Å². The van der Waals surface area contributed by atoms with Crippen LogP contribution in [-0.2, 0) is 0 Å². The monoisotopic (exact) mass is 239 g/mol. The molecule has 3 rings (SSSR count). The molecule has 1 fully saturated rings. The van der Waals surface area contributed by atoms with Gasteiger partial charge in [-0.05, 0) is 35.6 Å². The predicted molar refractivity (Wildman–Crippen MR) is 78.7 cm³/mol. The van der Waals surface area contributed by atoms with Crippen molar-refractivity contribution in [3.8, 4) is 0 Å². The Morgan fingerprint density at radius 2 is 1.89 bits per heavy atom. The fourth-order valence-electron chi connectivity index (χ4n) is 3.39. The van der Waals surface area contributed by atoms with Gasteiger partial charge in [-0.3, -0.25) is 0 Å². The normalized spacial score (nSPS) is 24.3. The van der Waals surface area contributed by atoms with E-state index in [-0.39, 0.29) is 0 Å². The van der Waals surface area contributed by atoms with E-state index < -0.39 is 0 Å². The second-order valence-electron chi connectivity index (χ2n) is 5.76. The van der Waals surface area contributed by atoms with Gasteiger partial charge < -0.3 is 5.73 Å². The molecule has 2 aromatic rings. The van der Waals surface area contributed by atoms with Crippen molar-refractivity contribution in [1.29, 1.82) is 0 Å². The van der Waals surface area contributed by atoms with E-state index in [1.807, 2.05) is 0 Å². The van der Waals surface area contributed by atoms with Gasteiger partial charge in [-0.25, -0.2) is 0 Å². The average Bonchev–Trinajstić information content (AvgIpc) is 2.39. The van der Waals surface area contributed by atoms with E-state index in [0.717, 1.165) is 11.6 Å². The molecule has 1 nitrogen and oxygen atoms in total. The summed E-state index contributed by atoms with van der Waals surface area (Å²) < 4.78 is 0. The van der Waals surface area contributed by atoms with E-state index in [9.17, 15) is 0 Å². The summed E-state index contributed by atoms with van der Waals surface area (Å²) in [6.07, 6.45) is 5.32. The van der Waals surface area contributed by atoms with Gasteiger partial charge >= 0.3 is 0 Å². The molecule has 2 unspecified atom stereocenters. The van der Waals surface area contributed by atoms with Crippen molar-refractivity contribution in [1.82, 2.24) is 0 Å². The molecule has 18 heavy (non-hydrogen) atoms. The minimum atomic E-state index is 0.665. The van der Waals surface area contributed by atoms with Gasteiger partial charge in [0, 0.05) is 11.1 Å². The Labute approximate surface area is 109 Å². The predicted octanol–water partition coefficient (Wildman–Crippen LogP) is 4.72. The minimum Gasteiger partial charge on any atom is -0.398 e. The van der Waals surface area contributed by atoms with Gasteiger partial charge in [0.05, 0.1) is 0 Å². The third kappa shape index (κ3) is 1.98. The number of benzene rings is 2. The lowest BCUT2D eigenvalue weighted by atomic mass is 9.78. The number of fused-ring (bicyclic) bond motifs is 1. The van der Waals surface area contributed by atoms with Crippen LogP contribution in [0.15, 0.2) is 36.4 Å². The first-order chi connectivity index (χ1) is 8.75. The third-order valence-electron chi connectivity index (χ3n) is 4.38. The van der Waals surface area contributed by atoms with Crippen molar-refractivity contribution in [2.75, 3.05) is 5.73 Å². The van der Waals surface area contributed by atoms with Crippen molar-refractivity contribution < 1.29 is 0 Å². The van der Waals surface area contributed by atoms with Crippen molar-refractivity contribution in [2.24, 2.45) is 5.92 Å². The van der Waals surface area contributed by atoms with Gasteiger partial charge in [-0.1, -0.05) is 56.2 Å². The summed E-state index contributed by atoms with van der Waals surface area (Å²) in [5, 5.41) is 2.47. The Hall–Kier alpha value is -1.50. The highest BCUT2D eigenvalue weighted by Gasteiger charge is 2.22. The summed E-state index contributed by atoms with van der Waals surface area (Å²) in [5.41, 5.74) is 8.78. The fourth-order valence-corrected chi connectivity index (χ4v) is 3.39. The van der Waals surface area contributed by atoms with Crippen LogP contribution < -0.4 is 5.73 Å². The van der Waals surface area contributed by atoms with Crippen molar-refractivity contribution in [3.05, 3.63) is 42.0 Å². The summed E-state index contributed by atoms with van der Waals surface area (Å²) in [4.78, 5) is 0. The molecule has 0 heterocycles. The van der Waals surface area contributed by atoms with Crippen LogP contribution in [0.3, 0.4) is 0 Å². The number of anilines is 1. The number of hydrogen-bond donors (Lipinski definition) is 1. The Bertz CT molecular complexity index is 559. The molecule has 1 heteroatoms. The minimum absolute atomic E-state index is 0.665. The van der Waals surface area contributed by atoms with Crippen molar-refractivity contribution in [3.63, 3.8) is 0 Å². The molecular weight excluding hydrogens is 218 g/mol. The second kappa shape index (κ2) is 4.64. The second-order valence-corrected chi connectivity index (χ2v) is 5.76. The van der Waals surface area contributed by atoms with Gasteiger partial charge in [0.25, 0.3) is 0 Å². The number of hydrogen-bond acceptors (Lipinski definition) is 1. The maximum atomic E-state index is 6.40. The van der Waals surface area contributed by atoms with Crippen LogP contribution in [0.5, 0.6) is 0 Å². The molecule has 1 aliphatic rings. The zero-order valence-corrected chi connectivity index (χ0v) is 11.0. The van der Waals surface area contributed by atoms with Crippen LogP contribution in [0.2, 0.25) is 0 Å². The van der Waals surface area contributed by atoms with Gasteiger partial charge in [0.15, 0.2) is 0 Å². The number of nitrogens with two attached hydrogens (primary N) is 1. The van der Waals surface area contributed by atoms with Crippen LogP contribution in [-0.4, -0.2) is 0 Å². The molecule has 2 N–H and O–H groups in total. The maximum Gasteiger partial charge on any atom is 0.0429 e. The van der Waals surface area contributed by atoms with Crippen molar-refractivity contribution >= 4 is 16.5 Å². The van der Waals surface area contributed by atoms with Gasteiger partial charge in [-0.2, -0.15) is 0 Å². The quantitative estimate of drug-likeness (QED) is 0.716. The summed E-state index contributed by atoms with van der Waals surface area (Å²) >= 11 is 0. The molecule has 0 amide bonds. The molecule has 0 saturated heterocycles. The zero-order chi connectivity index (χ0) is 12.5. The average molecular weight is 239 g/mol. The molecule has 0 aliphatic heterocycles. The summed E-state index contributed by atoms with van der Waals surface area (Å²) in [6, 6.07) is 12.9. The zero-order valence-electron chi connectivity index (χ0n) is 11.0. The first kappa shape index (κ1) is 11.6. The van der Waals surface area contributed by atoms with E-state index in [4.69, 9.17) is 5.73 Å². The lowest BCUT2D eigenvalue weighted by molar-refractivity contribution is 0.345.